The zero-order valence-electron chi connectivity index (χ0n) is 8.88. The molecule has 1 unspecified atom stereocenters. The second-order valence-electron chi connectivity index (χ2n) is 4.70. The zero-order valence-corrected chi connectivity index (χ0v) is 9.70. The van der Waals surface area contributed by atoms with Gasteiger partial charge >= 0.3 is 0 Å². The van der Waals surface area contributed by atoms with E-state index in [0.717, 1.165) is 6.04 Å². The zero-order chi connectivity index (χ0) is 9.31. The largest absolute Gasteiger partial charge is 0.299 e. The van der Waals surface area contributed by atoms with Crippen LogP contribution in [0.2, 0.25) is 0 Å². The van der Waals surface area contributed by atoms with Crippen molar-refractivity contribution in [1.29, 1.82) is 0 Å². The molecule has 0 radical (unpaired) electrons. The maximum Gasteiger partial charge on any atom is 0.0284 e. The molecule has 2 fully saturated rings. The molecule has 13 heavy (non-hydrogen) atoms. The van der Waals surface area contributed by atoms with Crippen LogP contribution in [-0.2, 0) is 0 Å². The van der Waals surface area contributed by atoms with Crippen LogP contribution < -0.4 is 0 Å². The highest BCUT2D eigenvalue weighted by atomic mass is 32.2. The van der Waals surface area contributed by atoms with Crippen LogP contribution in [0.5, 0.6) is 0 Å². The van der Waals surface area contributed by atoms with Gasteiger partial charge in [-0.05, 0) is 45.4 Å². The fourth-order valence-electron chi connectivity index (χ4n) is 2.60. The predicted octanol–water partition coefficient (Wildman–Crippen LogP) is 2.76. The predicted molar refractivity (Wildman–Crippen MR) is 60.4 cm³/mol. The van der Waals surface area contributed by atoms with Crippen molar-refractivity contribution < 1.29 is 0 Å². The van der Waals surface area contributed by atoms with E-state index in [1.807, 2.05) is 0 Å². The highest BCUT2D eigenvalue weighted by molar-refractivity contribution is 8.00. The average Bonchev–Trinajstić information content (AvgIpc) is 2.44. The van der Waals surface area contributed by atoms with E-state index in [1.54, 1.807) is 0 Å². The van der Waals surface area contributed by atoms with Crippen LogP contribution in [-0.4, -0.2) is 35.0 Å². The van der Waals surface area contributed by atoms with Crippen LogP contribution in [0.25, 0.3) is 0 Å². The lowest BCUT2D eigenvalue weighted by molar-refractivity contribution is 0.197. The van der Waals surface area contributed by atoms with Gasteiger partial charge in [-0.2, -0.15) is 11.8 Å². The van der Waals surface area contributed by atoms with Crippen LogP contribution in [0, 0.1) is 0 Å². The molecule has 0 aromatic heterocycles. The number of rotatable bonds is 3. The first-order valence-corrected chi connectivity index (χ1v) is 6.77. The van der Waals surface area contributed by atoms with Crippen molar-refractivity contribution in [3.63, 3.8) is 0 Å². The molecule has 2 heteroatoms. The van der Waals surface area contributed by atoms with E-state index in [2.05, 4.69) is 29.8 Å². The lowest BCUT2D eigenvalue weighted by Gasteiger charge is -2.44. The molecule has 1 atom stereocenters. The summed E-state index contributed by atoms with van der Waals surface area (Å²) in [5.41, 5.74) is 0. The third kappa shape index (κ3) is 1.89. The monoisotopic (exact) mass is 199 g/mol. The van der Waals surface area contributed by atoms with Gasteiger partial charge in [-0.3, -0.25) is 4.90 Å². The van der Waals surface area contributed by atoms with Crippen LogP contribution in [0.15, 0.2) is 0 Å². The normalized spacial score (nSPS) is 33.2. The summed E-state index contributed by atoms with van der Waals surface area (Å²) < 4.78 is 0.651. The summed E-state index contributed by atoms with van der Waals surface area (Å²) in [6, 6.07) is 0.852. The molecule has 2 aliphatic rings. The van der Waals surface area contributed by atoms with E-state index in [9.17, 15) is 0 Å². The average molecular weight is 199 g/mol. The minimum Gasteiger partial charge on any atom is -0.299 e. The smallest absolute Gasteiger partial charge is 0.0284 e. The summed E-state index contributed by atoms with van der Waals surface area (Å²) in [7, 11) is 0. The fourth-order valence-corrected chi connectivity index (χ4v) is 3.59. The molecule has 0 N–H and O–H groups in total. The quantitative estimate of drug-likeness (QED) is 0.687. The Bertz CT molecular complexity index is 171. The Morgan fingerprint density at radius 2 is 2.15 bits per heavy atom. The van der Waals surface area contributed by atoms with E-state index in [0.29, 0.717) is 4.75 Å². The summed E-state index contributed by atoms with van der Waals surface area (Å²) in [5.74, 6) is 0. The minimum atomic E-state index is 0.651. The number of thioether (sulfide) groups is 1. The first-order chi connectivity index (χ1) is 6.26. The molecule has 1 saturated heterocycles. The Labute approximate surface area is 86.3 Å². The Morgan fingerprint density at radius 3 is 2.54 bits per heavy atom. The van der Waals surface area contributed by atoms with Crippen LogP contribution >= 0.6 is 11.8 Å². The van der Waals surface area contributed by atoms with Gasteiger partial charge in [0.05, 0.1) is 0 Å². The van der Waals surface area contributed by atoms with Crippen molar-refractivity contribution in [2.24, 2.45) is 0 Å². The summed E-state index contributed by atoms with van der Waals surface area (Å²) in [6.45, 7) is 5.10. The second-order valence-corrected chi connectivity index (χ2v) is 5.98. The molecule has 1 saturated carbocycles. The molecule has 0 spiro atoms. The summed E-state index contributed by atoms with van der Waals surface area (Å²) in [6.07, 6.45) is 9.51. The number of hydrogen-bond acceptors (Lipinski definition) is 2. The first-order valence-electron chi connectivity index (χ1n) is 5.55. The Morgan fingerprint density at radius 1 is 1.38 bits per heavy atom. The van der Waals surface area contributed by atoms with Gasteiger partial charge in [0.25, 0.3) is 0 Å². The molecule has 0 bridgehead atoms. The molecule has 76 valence electrons. The van der Waals surface area contributed by atoms with Crippen LogP contribution in [0.1, 0.15) is 39.0 Å². The van der Waals surface area contributed by atoms with Crippen LogP contribution in [0.4, 0.5) is 0 Å². The van der Waals surface area contributed by atoms with Crippen molar-refractivity contribution in [1.82, 2.24) is 4.90 Å². The second kappa shape index (κ2) is 3.82. The number of hydrogen-bond donors (Lipinski definition) is 0. The van der Waals surface area contributed by atoms with Gasteiger partial charge in [0.1, 0.15) is 0 Å². The van der Waals surface area contributed by atoms with E-state index in [4.69, 9.17) is 0 Å². The van der Waals surface area contributed by atoms with E-state index < -0.39 is 0 Å². The fraction of sp³-hybridized carbons (Fsp3) is 1.00. The third-order valence-electron chi connectivity index (χ3n) is 3.88. The lowest BCUT2D eigenvalue weighted by Crippen LogP contribution is -2.46. The molecule has 1 aliphatic carbocycles. The van der Waals surface area contributed by atoms with Gasteiger partial charge in [0.2, 0.25) is 0 Å². The maximum absolute atomic E-state index is 2.70. The number of nitrogens with zero attached hydrogens (tertiary/aromatic N) is 1. The first kappa shape index (κ1) is 9.85. The van der Waals surface area contributed by atoms with Crippen molar-refractivity contribution >= 4 is 11.8 Å². The number of likely N-dealkylation sites (tertiary alicyclic amines) is 1. The molecule has 0 amide bonds. The highest BCUT2D eigenvalue weighted by Crippen LogP contribution is 2.44. The third-order valence-corrected chi connectivity index (χ3v) is 5.28. The topological polar surface area (TPSA) is 3.24 Å². The molecular formula is C11H21NS. The van der Waals surface area contributed by atoms with Crippen molar-refractivity contribution in [2.75, 3.05) is 19.3 Å². The molecule has 1 aliphatic heterocycles. The van der Waals surface area contributed by atoms with Gasteiger partial charge in [-0.1, -0.05) is 6.42 Å². The van der Waals surface area contributed by atoms with Gasteiger partial charge in [0, 0.05) is 17.3 Å². The van der Waals surface area contributed by atoms with Crippen molar-refractivity contribution in [3.8, 4) is 0 Å². The molecule has 1 heterocycles. The molecule has 2 rings (SSSR count). The summed E-state index contributed by atoms with van der Waals surface area (Å²) >= 11 is 2.11. The van der Waals surface area contributed by atoms with Gasteiger partial charge in [0.15, 0.2) is 0 Å². The SMILES string of the molecule is CSC1(CN2CCCC2C)CCC1. The lowest BCUT2D eigenvalue weighted by atomic mass is 9.83. The Balaban J connectivity index is 1.88. The highest BCUT2D eigenvalue weighted by Gasteiger charge is 2.39. The van der Waals surface area contributed by atoms with E-state index in [-0.39, 0.29) is 0 Å². The summed E-state index contributed by atoms with van der Waals surface area (Å²) in [5, 5.41) is 0. The van der Waals surface area contributed by atoms with E-state index in [1.165, 1.54) is 45.2 Å². The Kier molecular flexibility index (Phi) is 2.89. The van der Waals surface area contributed by atoms with Gasteiger partial charge in [-0.15, -0.1) is 0 Å². The summed E-state index contributed by atoms with van der Waals surface area (Å²) in [4.78, 5) is 2.70. The molecule has 0 aromatic rings. The van der Waals surface area contributed by atoms with Crippen LogP contribution in [0.3, 0.4) is 0 Å². The molecule has 1 nitrogen and oxygen atoms in total. The standard InChI is InChI=1S/C11H21NS/c1-10-5-3-8-12(10)9-11(13-2)6-4-7-11/h10H,3-9H2,1-2H3. The van der Waals surface area contributed by atoms with Gasteiger partial charge < -0.3 is 0 Å². The maximum atomic E-state index is 2.70. The molecular weight excluding hydrogens is 178 g/mol. The van der Waals surface area contributed by atoms with Gasteiger partial charge in [-0.25, -0.2) is 0 Å². The van der Waals surface area contributed by atoms with Crippen molar-refractivity contribution in [3.05, 3.63) is 0 Å². The van der Waals surface area contributed by atoms with E-state index >= 15 is 0 Å². The minimum absolute atomic E-state index is 0.651. The van der Waals surface area contributed by atoms with Crippen molar-refractivity contribution in [2.45, 2.75) is 49.8 Å². The Hall–Kier alpha value is 0.310. The molecule has 0 aromatic carbocycles.